The fraction of sp³-hybridized carbons (Fsp3) is 0.889. The molecular formula is C9H22IN5. The second-order valence-electron chi connectivity index (χ2n) is 3.70. The van der Waals surface area contributed by atoms with Gasteiger partial charge in [-0.3, -0.25) is 10.8 Å². The third-order valence-corrected chi connectivity index (χ3v) is 2.55. The van der Waals surface area contributed by atoms with Gasteiger partial charge in [0, 0.05) is 6.54 Å². The standard InChI is InChI=1S/C9H21N5.HI/c10-9(13-11)12-5-4-8-14-6-2-1-3-7-14;/h1-8,11H2,(H3,10,12,13);1H. The molecule has 0 amide bonds. The minimum Gasteiger partial charge on any atom is -0.355 e. The van der Waals surface area contributed by atoms with Crippen LogP contribution in [0.5, 0.6) is 0 Å². The molecule has 1 saturated heterocycles. The van der Waals surface area contributed by atoms with Gasteiger partial charge >= 0.3 is 0 Å². The summed E-state index contributed by atoms with van der Waals surface area (Å²) < 4.78 is 0. The van der Waals surface area contributed by atoms with Crippen LogP contribution in [0.15, 0.2) is 0 Å². The molecule has 1 aliphatic rings. The smallest absolute Gasteiger partial charge is 0.202 e. The van der Waals surface area contributed by atoms with Crippen molar-refractivity contribution in [1.29, 1.82) is 5.41 Å². The molecule has 0 radical (unpaired) electrons. The van der Waals surface area contributed by atoms with E-state index in [0.717, 1.165) is 19.5 Å². The quantitative estimate of drug-likeness (QED) is 0.151. The summed E-state index contributed by atoms with van der Waals surface area (Å²) in [6.07, 6.45) is 5.14. The summed E-state index contributed by atoms with van der Waals surface area (Å²) in [6, 6.07) is 0. The topological polar surface area (TPSA) is 77.2 Å². The fourth-order valence-corrected chi connectivity index (χ4v) is 1.75. The van der Waals surface area contributed by atoms with Gasteiger partial charge in [0.25, 0.3) is 0 Å². The number of guanidine groups is 1. The van der Waals surface area contributed by atoms with Crippen LogP contribution in [0.25, 0.3) is 0 Å². The number of nitrogens with zero attached hydrogens (tertiary/aromatic N) is 1. The first-order valence-corrected chi connectivity index (χ1v) is 5.34. The first-order valence-electron chi connectivity index (χ1n) is 5.34. The van der Waals surface area contributed by atoms with E-state index in [4.69, 9.17) is 11.3 Å². The predicted octanol–water partition coefficient (Wildman–Crippen LogP) is 0.468. The van der Waals surface area contributed by atoms with Gasteiger partial charge in [0.1, 0.15) is 0 Å². The van der Waals surface area contributed by atoms with E-state index < -0.39 is 0 Å². The van der Waals surface area contributed by atoms with Crippen molar-refractivity contribution in [1.82, 2.24) is 15.6 Å². The molecule has 0 unspecified atom stereocenters. The molecule has 1 aliphatic heterocycles. The van der Waals surface area contributed by atoms with Crippen molar-refractivity contribution >= 4 is 29.9 Å². The molecule has 0 spiro atoms. The summed E-state index contributed by atoms with van der Waals surface area (Å²) in [5, 5.41) is 10.1. The Hall–Kier alpha value is -0.0800. The predicted molar refractivity (Wildman–Crippen MR) is 73.4 cm³/mol. The summed E-state index contributed by atoms with van der Waals surface area (Å²) in [4.78, 5) is 2.49. The molecule has 15 heavy (non-hydrogen) atoms. The van der Waals surface area contributed by atoms with Gasteiger partial charge in [0.05, 0.1) is 0 Å². The van der Waals surface area contributed by atoms with Crippen LogP contribution < -0.4 is 16.6 Å². The van der Waals surface area contributed by atoms with Crippen molar-refractivity contribution in [2.45, 2.75) is 25.7 Å². The van der Waals surface area contributed by atoms with Gasteiger partial charge in [-0.25, -0.2) is 5.84 Å². The van der Waals surface area contributed by atoms with Crippen LogP contribution in [-0.4, -0.2) is 37.0 Å². The number of hydrogen-bond donors (Lipinski definition) is 4. The maximum atomic E-state index is 7.20. The Bertz CT molecular complexity index is 170. The van der Waals surface area contributed by atoms with Crippen LogP contribution in [-0.2, 0) is 0 Å². The van der Waals surface area contributed by atoms with Crippen LogP contribution in [0, 0.1) is 5.41 Å². The Balaban J connectivity index is 0.00000196. The Morgan fingerprint density at radius 3 is 2.53 bits per heavy atom. The van der Waals surface area contributed by atoms with E-state index in [-0.39, 0.29) is 29.9 Å². The zero-order chi connectivity index (χ0) is 10.2. The van der Waals surface area contributed by atoms with E-state index in [2.05, 4.69) is 15.6 Å². The van der Waals surface area contributed by atoms with E-state index in [0.29, 0.717) is 0 Å². The highest BCUT2D eigenvalue weighted by atomic mass is 127. The van der Waals surface area contributed by atoms with Crippen molar-refractivity contribution in [2.24, 2.45) is 5.84 Å². The molecule has 0 bridgehead atoms. The van der Waals surface area contributed by atoms with Gasteiger partial charge < -0.3 is 10.2 Å². The molecule has 0 aromatic carbocycles. The Morgan fingerprint density at radius 2 is 1.93 bits per heavy atom. The zero-order valence-corrected chi connectivity index (χ0v) is 11.4. The molecule has 1 heterocycles. The van der Waals surface area contributed by atoms with Crippen LogP contribution in [0.4, 0.5) is 0 Å². The largest absolute Gasteiger partial charge is 0.355 e. The lowest BCUT2D eigenvalue weighted by molar-refractivity contribution is 0.227. The average molecular weight is 327 g/mol. The van der Waals surface area contributed by atoms with E-state index in [1.807, 2.05) is 0 Å². The van der Waals surface area contributed by atoms with E-state index in [1.54, 1.807) is 0 Å². The highest BCUT2D eigenvalue weighted by molar-refractivity contribution is 14.0. The number of nitrogens with one attached hydrogen (secondary N) is 3. The lowest BCUT2D eigenvalue weighted by atomic mass is 10.1. The Morgan fingerprint density at radius 1 is 1.27 bits per heavy atom. The average Bonchev–Trinajstić information content (AvgIpc) is 2.25. The maximum absolute atomic E-state index is 7.20. The minimum atomic E-state index is 0. The summed E-state index contributed by atoms with van der Waals surface area (Å²) in [5.74, 6) is 5.25. The molecule has 0 saturated carbocycles. The van der Waals surface area contributed by atoms with Gasteiger partial charge in [-0.05, 0) is 38.9 Å². The molecule has 6 heteroatoms. The van der Waals surface area contributed by atoms with Crippen LogP contribution in [0.2, 0.25) is 0 Å². The number of piperidine rings is 1. The normalized spacial score (nSPS) is 16.6. The Labute approximate surface area is 109 Å². The van der Waals surface area contributed by atoms with Crippen LogP contribution in [0.1, 0.15) is 25.7 Å². The van der Waals surface area contributed by atoms with Crippen molar-refractivity contribution < 1.29 is 0 Å². The van der Waals surface area contributed by atoms with Gasteiger partial charge in [0.2, 0.25) is 5.96 Å². The van der Waals surface area contributed by atoms with Crippen molar-refractivity contribution in [3.8, 4) is 0 Å². The summed E-state index contributed by atoms with van der Waals surface area (Å²) in [6.45, 7) is 4.43. The lowest BCUT2D eigenvalue weighted by Gasteiger charge is -2.26. The number of rotatable bonds is 4. The summed E-state index contributed by atoms with van der Waals surface area (Å²) in [7, 11) is 0. The van der Waals surface area contributed by atoms with Crippen molar-refractivity contribution in [2.75, 3.05) is 26.2 Å². The molecule has 5 nitrogen and oxygen atoms in total. The number of hydrogen-bond acceptors (Lipinski definition) is 3. The highest BCUT2D eigenvalue weighted by Gasteiger charge is 2.08. The third kappa shape index (κ3) is 6.91. The van der Waals surface area contributed by atoms with Crippen molar-refractivity contribution in [3.05, 3.63) is 0 Å². The third-order valence-electron chi connectivity index (χ3n) is 2.55. The second-order valence-corrected chi connectivity index (χ2v) is 3.70. The molecule has 0 atom stereocenters. The van der Waals surface area contributed by atoms with Crippen LogP contribution >= 0.6 is 24.0 Å². The second kappa shape index (κ2) is 9.17. The summed E-state index contributed by atoms with van der Waals surface area (Å²) >= 11 is 0. The molecule has 0 aliphatic carbocycles. The molecule has 1 rings (SSSR count). The monoisotopic (exact) mass is 327 g/mol. The fourth-order valence-electron chi connectivity index (χ4n) is 1.75. The Kier molecular flexibility index (Phi) is 9.12. The van der Waals surface area contributed by atoms with Crippen LogP contribution in [0.3, 0.4) is 0 Å². The number of halogens is 1. The van der Waals surface area contributed by atoms with Gasteiger partial charge in [-0.2, -0.15) is 0 Å². The SMILES string of the molecule is I.N=C(NN)NCCCN1CCCCC1. The number of nitrogens with two attached hydrogens (primary N) is 1. The lowest BCUT2D eigenvalue weighted by Crippen LogP contribution is -2.41. The van der Waals surface area contributed by atoms with Crippen molar-refractivity contribution in [3.63, 3.8) is 0 Å². The maximum Gasteiger partial charge on any atom is 0.202 e. The molecule has 90 valence electrons. The zero-order valence-electron chi connectivity index (χ0n) is 9.09. The summed E-state index contributed by atoms with van der Waals surface area (Å²) in [5.41, 5.74) is 2.26. The first kappa shape index (κ1) is 14.9. The molecule has 1 fully saturated rings. The molecule has 5 N–H and O–H groups in total. The van der Waals surface area contributed by atoms with E-state index >= 15 is 0 Å². The molecule has 0 aromatic rings. The van der Waals surface area contributed by atoms with Gasteiger partial charge in [-0.15, -0.1) is 24.0 Å². The highest BCUT2D eigenvalue weighted by Crippen LogP contribution is 2.08. The van der Waals surface area contributed by atoms with E-state index in [1.165, 1.54) is 32.4 Å². The molecule has 0 aromatic heterocycles. The molecular weight excluding hydrogens is 305 g/mol. The van der Waals surface area contributed by atoms with E-state index in [9.17, 15) is 0 Å². The minimum absolute atomic E-state index is 0. The first-order chi connectivity index (χ1) is 6.83. The number of hydrazine groups is 1. The van der Waals surface area contributed by atoms with Gasteiger partial charge in [-0.1, -0.05) is 6.42 Å². The van der Waals surface area contributed by atoms with Gasteiger partial charge in [0.15, 0.2) is 0 Å². The number of likely N-dealkylation sites (tertiary alicyclic amines) is 1.